The van der Waals surface area contributed by atoms with Gasteiger partial charge in [-0.15, -0.1) is 0 Å². The minimum atomic E-state index is -0.465. The van der Waals surface area contributed by atoms with Crippen LogP contribution in [0.25, 0.3) is 0 Å². The molecule has 1 fully saturated rings. The highest BCUT2D eigenvalue weighted by Gasteiger charge is 2.36. The van der Waals surface area contributed by atoms with Gasteiger partial charge in [0.2, 0.25) is 0 Å². The van der Waals surface area contributed by atoms with Gasteiger partial charge in [0.1, 0.15) is 5.69 Å². The van der Waals surface area contributed by atoms with Crippen molar-refractivity contribution in [3.8, 4) is 0 Å². The molecule has 2 N–H and O–H groups in total. The number of amides is 1. The molecule has 0 spiro atoms. The molecule has 2 atom stereocenters. The second-order valence-electron chi connectivity index (χ2n) is 6.64. The fourth-order valence-corrected chi connectivity index (χ4v) is 3.75. The van der Waals surface area contributed by atoms with E-state index in [-0.39, 0.29) is 18.6 Å². The molecule has 1 aliphatic carbocycles. The number of aromatic nitrogens is 1. The van der Waals surface area contributed by atoms with Crippen LogP contribution >= 0.6 is 15.9 Å². The standard InChI is InChI=1S/C16H25BrN2O2/c1-11(2)19-9-13(17)7-14(19)15(21)18-16(10-20)6-4-5-12(3)8-16/h7,9,11-12,20H,4-6,8,10H2,1-3H3,(H,18,21). The molecule has 1 saturated carbocycles. The third-order valence-corrected chi connectivity index (χ3v) is 4.81. The van der Waals surface area contributed by atoms with Crippen molar-refractivity contribution in [1.29, 1.82) is 0 Å². The van der Waals surface area contributed by atoms with E-state index in [0.29, 0.717) is 11.6 Å². The number of nitrogens with one attached hydrogen (secondary N) is 1. The molecule has 1 amide bonds. The van der Waals surface area contributed by atoms with Crippen LogP contribution in [-0.4, -0.2) is 27.7 Å². The quantitative estimate of drug-likeness (QED) is 0.867. The Hall–Kier alpha value is -0.810. The number of hydrogen-bond donors (Lipinski definition) is 2. The average Bonchev–Trinajstić information content (AvgIpc) is 2.81. The van der Waals surface area contributed by atoms with Gasteiger partial charge in [0.05, 0.1) is 12.1 Å². The van der Waals surface area contributed by atoms with E-state index >= 15 is 0 Å². The lowest BCUT2D eigenvalue weighted by atomic mass is 9.77. The Morgan fingerprint density at radius 2 is 2.33 bits per heavy atom. The van der Waals surface area contributed by atoms with Gasteiger partial charge in [0.15, 0.2) is 0 Å². The molecule has 5 heteroatoms. The Bertz CT molecular complexity index is 512. The molecule has 0 radical (unpaired) electrons. The smallest absolute Gasteiger partial charge is 0.268 e. The monoisotopic (exact) mass is 356 g/mol. The van der Waals surface area contributed by atoms with Gasteiger partial charge in [-0.25, -0.2) is 0 Å². The third kappa shape index (κ3) is 3.69. The van der Waals surface area contributed by atoms with Gasteiger partial charge in [-0.3, -0.25) is 4.79 Å². The minimum Gasteiger partial charge on any atom is -0.394 e. The predicted octanol–water partition coefficient (Wildman–Crippen LogP) is 3.50. The van der Waals surface area contributed by atoms with Crippen LogP contribution in [0.5, 0.6) is 0 Å². The summed E-state index contributed by atoms with van der Waals surface area (Å²) in [6, 6.07) is 2.06. The number of halogens is 1. The highest BCUT2D eigenvalue weighted by molar-refractivity contribution is 9.10. The molecule has 2 rings (SSSR count). The molecule has 1 aliphatic rings. The number of aliphatic hydroxyl groups excluding tert-OH is 1. The fraction of sp³-hybridized carbons (Fsp3) is 0.688. The second-order valence-corrected chi connectivity index (χ2v) is 7.55. The summed E-state index contributed by atoms with van der Waals surface area (Å²) in [4.78, 5) is 12.7. The van der Waals surface area contributed by atoms with Gasteiger partial charge in [-0.2, -0.15) is 0 Å². The molecule has 0 aliphatic heterocycles. The minimum absolute atomic E-state index is 0.00658. The van der Waals surface area contributed by atoms with E-state index in [1.165, 1.54) is 6.42 Å². The Morgan fingerprint density at radius 3 is 2.90 bits per heavy atom. The van der Waals surface area contributed by atoms with Crippen LogP contribution in [0.4, 0.5) is 0 Å². The number of nitrogens with zero attached hydrogens (tertiary/aromatic N) is 1. The molecule has 1 heterocycles. The molecule has 118 valence electrons. The first-order valence-electron chi connectivity index (χ1n) is 7.67. The van der Waals surface area contributed by atoms with E-state index < -0.39 is 5.54 Å². The summed E-state index contributed by atoms with van der Waals surface area (Å²) < 4.78 is 2.85. The van der Waals surface area contributed by atoms with Gasteiger partial charge in [-0.05, 0) is 54.6 Å². The van der Waals surface area contributed by atoms with Gasteiger partial charge in [-0.1, -0.05) is 19.8 Å². The Balaban J connectivity index is 2.20. The van der Waals surface area contributed by atoms with Crippen LogP contribution in [0.2, 0.25) is 0 Å². The van der Waals surface area contributed by atoms with Crippen LogP contribution in [0.15, 0.2) is 16.7 Å². The third-order valence-electron chi connectivity index (χ3n) is 4.38. The predicted molar refractivity (Wildman–Crippen MR) is 87.4 cm³/mol. The molecule has 0 aromatic carbocycles. The molecule has 2 unspecified atom stereocenters. The lowest BCUT2D eigenvalue weighted by Crippen LogP contribution is -2.54. The van der Waals surface area contributed by atoms with Crippen molar-refractivity contribution < 1.29 is 9.90 Å². The molecule has 4 nitrogen and oxygen atoms in total. The van der Waals surface area contributed by atoms with E-state index in [0.717, 1.165) is 23.7 Å². The fourth-order valence-electron chi connectivity index (χ4n) is 3.32. The lowest BCUT2D eigenvalue weighted by Gasteiger charge is -2.39. The summed E-state index contributed by atoms with van der Waals surface area (Å²) >= 11 is 3.43. The van der Waals surface area contributed by atoms with Crippen molar-refractivity contribution in [2.75, 3.05) is 6.61 Å². The zero-order valence-corrected chi connectivity index (χ0v) is 14.6. The first kappa shape index (κ1) is 16.6. The topological polar surface area (TPSA) is 54.3 Å². The summed E-state index contributed by atoms with van der Waals surface area (Å²) in [6.07, 6.45) is 5.85. The van der Waals surface area contributed by atoms with Gasteiger partial charge >= 0.3 is 0 Å². The zero-order chi connectivity index (χ0) is 15.6. The molecule has 0 bridgehead atoms. The van der Waals surface area contributed by atoms with Crippen molar-refractivity contribution >= 4 is 21.8 Å². The van der Waals surface area contributed by atoms with E-state index in [9.17, 15) is 9.90 Å². The molecular formula is C16H25BrN2O2. The summed E-state index contributed by atoms with van der Waals surface area (Å²) in [7, 11) is 0. The van der Waals surface area contributed by atoms with E-state index in [4.69, 9.17) is 0 Å². The highest BCUT2D eigenvalue weighted by atomic mass is 79.9. The maximum atomic E-state index is 12.7. The highest BCUT2D eigenvalue weighted by Crippen LogP contribution is 2.32. The van der Waals surface area contributed by atoms with E-state index in [1.54, 1.807) is 0 Å². The average molecular weight is 357 g/mol. The van der Waals surface area contributed by atoms with Gasteiger partial charge < -0.3 is 15.0 Å². The number of aliphatic hydroxyl groups is 1. The largest absolute Gasteiger partial charge is 0.394 e. The Labute approximate surface area is 135 Å². The second kappa shape index (κ2) is 6.53. The number of rotatable bonds is 4. The van der Waals surface area contributed by atoms with Gasteiger partial charge in [0, 0.05) is 16.7 Å². The summed E-state index contributed by atoms with van der Waals surface area (Å²) in [5.74, 6) is 0.437. The van der Waals surface area contributed by atoms with Gasteiger partial charge in [0.25, 0.3) is 5.91 Å². The zero-order valence-electron chi connectivity index (χ0n) is 13.0. The van der Waals surface area contributed by atoms with Crippen molar-refractivity contribution in [3.05, 3.63) is 22.4 Å². The van der Waals surface area contributed by atoms with E-state index in [2.05, 4.69) is 28.2 Å². The lowest BCUT2D eigenvalue weighted by molar-refractivity contribution is 0.0688. The van der Waals surface area contributed by atoms with Crippen molar-refractivity contribution in [3.63, 3.8) is 0 Å². The summed E-state index contributed by atoms with van der Waals surface area (Å²) in [5, 5.41) is 12.9. The van der Waals surface area contributed by atoms with Crippen LogP contribution in [0, 0.1) is 5.92 Å². The maximum Gasteiger partial charge on any atom is 0.268 e. The molecule has 21 heavy (non-hydrogen) atoms. The van der Waals surface area contributed by atoms with Crippen LogP contribution in [0.1, 0.15) is 63.0 Å². The summed E-state index contributed by atoms with van der Waals surface area (Å²) in [6.45, 7) is 6.29. The number of carbonyl (C=O) groups excluding carboxylic acids is 1. The SMILES string of the molecule is CC1CCCC(CO)(NC(=O)c2cc(Br)cn2C(C)C)C1. The number of hydrogen-bond acceptors (Lipinski definition) is 2. The first-order valence-corrected chi connectivity index (χ1v) is 8.47. The van der Waals surface area contributed by atoms with Crippen molar-refractivity contribution in [2.45, 2.75) is 58.0 Å². The van der Waals surface area contributed by atoms with Crippen molar-refractivity contribution in [1.82, 2.24) is 9.88 Å². The maximum absolute atomic E-state index is 12.7. The van der Waals surface area contributed by atoms with Crippen LogP contribution in [0.3, 0.4) is 0 Å². The molecule has 1 aromatic rings. The Morgan fingerprint density at radius 1 is 1.62 bits per heavy atom. The van der Waals surface area contributed by atoms with Crippen LogP contribution < -0.4 is 5.32 Å². The normalized spacial score (nSPS) is 26.1. The molecule has 0 saturated heterocycles. The summed E-state index contributed by atoms with van der Waals surface area (Å²) in [5.41, 5.74) is 0.177. The first-order chi connectivity index (χ1) is 9.87. The number of carbonyl (C=O) groups is 1. The van der Waals surface area contributed by atoms with Crippen molar-refractivity contribution in [2.24, 2.45) is 5.92 Å². The molecular weight excluding hydrogens is 332 g/mol. The molecule has 1 aromatic heterocycles. The van der Waals surface area contributed by atoms with Crippen LogP contribution in [-0.2, 0) is 0 Å². The van der Waals surface area contributed by atoms with E-state index in [1.807, 2.05) is 30.7 Å². The Kier molecular flexibility index (Phi) is 5.15.